The molecule has 0 N–H and O–H groups in total. The predicted octanol–water partition coefficient (Wildman–Crippen LogP) is 1.76. The summed E-state index contributed by atoms with van der Waals surface area (Å²) in [5.41, 5.74) is -0.153. The van der Waals surface area contributed by atoms with Gasteiger partial charge < -0.3 is 4.90 Å². The van der Waals surface area contributed by atoms with Gasteiger partial charge in [-0.3, -0.25) is 0 Å². The fourth-order valence-electron chi connectivity index (χ4n) is 0.707. The highest BCUT2D eigenvalue weighted by molar-refractivity contribution is 8.33. The lowest BCUT2D eigenvalue weighted by molar-refractivity contribution is 0.617. The van der Waals surface area contributed by atoms with E-state index in [0.717, 1.165) is 9.36 Å². The number of thioether (sulfide) groups is 1. The van der Waals surface area contributed by atoms with E-state index in [-0.39, 0.29) is 5.54 Å². The van der Waals surface area contributed by atoms with E-state index in [1.165, 1.54) is 0 Å². The van der Waals surface area contributed by atoms with Gasteiger partial charge in [0.15, 0.2) is 5.17 Å². The molecule has 4 heteroatoms. The first-order valence-corrected chi connectivity index (χ1v) is 4.65. The van der Waals surface area contributed by atoms with E-state index in [9.17, 15) is 0 Å². The van der Waals surface area contributed by atoms with E-state index in [1.807, 2.05) is 32.8 Å². The Labute approximate surface area is 77.1 Å². The van der Waals surface area contributed by atoms with Crippen LogP contribution in [-0.4, -0.2) is 33.9 Å². The third-order valence-corrected chi connectivity index (χ3v) is 3.51. The first-order valence-electron chi connectivity index (χ1n) is 3.43. The summed E-state index contributed by atoms with van der Waals surface area (Å²) in [6.45, 7) is 4.08. The minimum atomic E-state index is -0.153. The van der Waals surface area contributed by atoms with E-state index >= 15 is 0 Å². The van der Waals surface area contributed by atoms with Gasteiger partial charge in [-0.25, -0.2) is 4.99 Å². The van der Waals surface area contributed by atoms with E-state index in [4.69, 9.17) is 12.2 Å². The van der Waals surface area contributed by atoms with Crippen LogP contribution in [0.2, 0.25) is 0 Å². The van der Waals surface area contributed by atoms with Gasteiger partial charge in [-0.15, -0.1) is 0 Å². The van der Waals surface area contributed by atoms with Crippen LogP contribution in [0.25, 0.3) is 0 Å². The molecule has 0 radical (unpaired) electrons. The molecule has 0 aliphatic carbocycles. The fourth-order valence-corrected chi connectivity index (χ4v) is 1.89. The van der Waals surface area contributed by atoms with Crippen LogP contribution in [0.3, 0.4) is 0 Å². The Morgan fingerprint density at radius 3 is 2.18 bits per heavy atom. The summed E-state index contributed by atoms with van der Waals surface area (Å²) in [6, 6.07) is 0. The van der Waals surface area contributed by atoms with Crippen molar-refractivity contribution in [2.45, 2.75) is 19.4 Å². The molecule has 0 saturated carbocycles. The lowest BCUT2D eigenvalue weighted by Crippen LogP contribution is -2.20. The lowest BCUT2D eigenvalue weighted by Gasteiger charge is -2.11. The number of hydrogen-bond acceptors (Lipinski definition) is 4. The third kappa shape index (κ3) is 1.73. The van der Waals surface area contributed by atoms with Gasteiger partial charge in [0.25, 0.3) is 0 Å². The van der Waals surface area contributed by atoms with Crippen molar-refractivity contribution in [1.29, 1.82) is 0 Å². The molecular weight excluding hydrogens is 176 g/mol. The summed E-state index contributed by atoms with van der Waals surface area (Å²) in [5, 5.41) is 1.01. The van der Waals surface area contributed by atoms with Gasteiger partial charge >= 0.3 is 0 Å². The largest absolute Gasteiger partial charge is 0.357 e. The summed E-state index contributed by atoms with van der Waals surface area (Å²) in [5.74, 6) is 0. The van der Waals surface area contributed by atoms with Crippen LogP contribution in [-0.2, 0) is 0 Å². The maximum Gasteiger partial charge on any atom is 0.165 e. The highest BCUT2D eigenvalue weighted by Gasteiger charge is 2.32. The van der Waals surface area contributed by atoms with Crippen LogP contribution >= 0.6 is 24.0 Å². The zero-order valence-electron chi connectivity index (χ0n) is 7.21. The minimum absolute atomic E-state index is 0.153. The molecule has 62 valence electrons. The molecule has 0 atom stereocenters. The Bertz CT molecular complexity index is 218. The Morgan fingerprint density at radius 2 is 2.00 bits per heavy atom. The summed E-state index contributed by atoms with van der Waals surface area (Å²) in [6.07, 6.45) is 0. The Hall–Kier alpha value is -0.0900. The average Bonchev–Trinajstić information content (AvgIpc) is 2.08. The summed E-state index contributed by atoms with van der Waals surface area (Å²) in [4.78, 5) is 6.46. The normalized spacial score (nSPS) is 21.8. The van der Waals surface area contributed by atoms with Crippen LogP contribution in [0.5, 0.6) is 0 Å². The first kappa shape index (κ1) is 9.00. The number of amidine groups is 1. The quantitative estimate of drug-likeness (QED) is 0.539. The van der Waals surface area contributed by atoms with Crippen molar-refractivity contribution in [3.05, 3.63) is 0 Å². The molecule has 0 amide bonds. The molecule has 0 fully saturated rings. The van der Waals surface area contributed by atoms with Crippen molar-refractivity contribution in [2.24, 2.45) is 4.99 Å². The monoisotopic (exact) mass is 188 g/mol. The Morgan fingerprint density at radius 1 is 1.45 bits per heavy atom. The van der Waals surface area contributed by atoms with Gasteiger partial charge in [-0.1, -0.05) is 12.2 Å². The van der Waals surface area contributed by atoms with Gasteiger partial charge in [-0.05, 0) is 25.6 Å². The molecule has 0 spiro atoms. The molecule has 1 heterocycles. The summed E-state index contributed by atoms with van der Waals surface area (Å²) in [7, 11) is 3.96. The maximum absolute atomic E-state index is 5.17. The Balaban J connectivity index is 2.84. The van der Waals surface area contributed by atoms with Gasteiger partial charge in [0.2, 0.25) is 0 Å². The topological polar surface area (TPSA) is 15.6 Å². The Kier molecular flexibility index (Phi) is 2.25. The molecule has 1 rings (SSSR count). The van der Waals surface area contributed by atoms with Crippen LogP contribution < -0.4 is 0 Å². The molecule has 0 unspecified atom stereocenters. The zero-order valence-corrected chi connectivity index (χ0v) is 8.84. The number of aliphatic imine (C=N–C) groups is 1. The fraction of sp³-hybridized carbons (Fsp3) is 0.714. The molecule has 0 bridgehead atoms. The van der Waals surface area contributed by atoms with Crippen molar-refractivity contribution in [2.75, 3.05) is 14.1 Å². The van der Waals surface area contributed by atoms with Gasteiger partial charge in [0, 0.05) is 14.1 Å². The number of rotatable bonds is 0. The van der Waals surface area contributed by atoms with Crippen LogP contribution in [0, 0.1) is 0 Å². The van der Waals surface area contributed by atoms with Crippen molar-refractivity contribution in [1.82, 2.24) is 4.90 Å². The van der Waals surface area contributed by atoms with Crippen molar-refractivity contribution >= 4 is 33.3 Å². The molecule has 0 aromatic carbocycles. The smallest absolute Gasteiger partial charge is 0.165 e. The van der Waals surface area contributed by atoms with E-state index in [2.05, 4.69) is 4.99 Å². The SMILES string of the molecule is CN(C)C1=NC(C)(C)C(=S)S1. The molecule has 0 saturated heterocycles. The second kappa shape index (κ2) is 2.75. The van der Waals surface area contributed by atoms with Gasteiger partial charge in [0.1, 0.15) is 0 Å². The van der Waals surface area contributed by atoms with Crippen LogP contribution in [0.4, 0.5) is 0 Å². The standard InChI is InChI=1S/C7H12N2S2/c1-7(2)5(10)11-6(8-7)9(3)4/h1-4H3. The van der Waals surface area contributed by atoms with Crippen molar-refractivity contribution in [3.8, 4) is 0 Å². The second-order valence-corrected chi connectivity index (χ2v) is 4.88. The van der Waals surface area contributed by atoms with E-state index < -0.39 is 0 Å². The van der Waals surface area contributed by atoms with Crippen molar-refractivity contribution in [3.63, 3.8) is 0 Å². The van der Waals surface area contributed by atoms with Crippen molar-refractivity contribution < 1.29 is 0 Å². The second-order valence-electron chi connectivity index (χ2n) is 3.24. The number of hydrogen-bond donors (Lipinski definition) is 0. The lowest BCUT2D eigenvalue weighted by atomic mass is 10.1. The van der Waals surface area contributed by atoms with E-state index in [1.54, 1.807) is 11.8 Å². The van der Waals surface area contributed by atoms with Gasteiger partial charge in [-0.2, -0.15) is 0 Å². The zero-order chi connectivity index (χ0) is 8.65. The number of thiocarbonyl (C=S) groups is 1. The molecule has 1 aliphatic heterocycles. The average molecular weight is 188 g/mol. The molecule has 0 aromatic heterocycles. The molecule has 1 aliphatic rings. The molecular formula is C7H12N2S2. The highest BCUT2D eigenvalue weighted by Crippen LogP contribution is 2.30. The van der Waals surface area contributed by atoms with Gasteiger partial charge in [0.05, 0.1) is 9.74 Å². The summed E-state index contributed by atoms with van der Waals surface area (Å²) >= 11 is 6.76. The first-order chi connectivity index (χ1) is 4.93. The number of nitrogens with zero attached hydrogens (tertiary/aromatic N) is 2. The van der Waals surface area contributed by atoms with E-state index in [0.29, 0.717) is 0 Å². The molecule has 2 nitrogen and oxygen atoms in total. The summed E-state index contributed by atoms with van der Waals surface area (Å²) < 4.78 is 0.959. The maximum atomic E-state index is 5.17. The predicted molar refractivity (Wildman–Crippen MR) is 55.4 cm³/mol. The van der Waals surface area contributed by atoms with Crippen LogP contribution in [0.15, 0.2) is 4.99 Å². The molecule has 0 aromatic rings. The minimum Gasteiger partial charge on any atom is -0.357 e. The highest BCUT2D eigenvalue weighted by atomic mass is 32.2. The van der Waals surface area contributed by atoms with Crippen LogP contribution in [0.1, 0.15) is 13.8 Å². The third-order valence-electron chi connectivity index (χ3n) is 1.44. The molecule has 11 heavy (non-hydrogen) atoms.